The van der Waals surface area contributed by atoms with Crippen LogP contribution in [0, 0.1) is 5.92 Å². The van der Waals surface area contributed by atoms with Gasteiger partial charge in [0, 0.05) is 19.6 Å². The molecule has 1 atom stereocenters. The number of rotatable bonds is 3. The second kappa shape index (κ2) is 5.24. The maximum Gasteiger partial charge on any atom is 0.0602 e. The predicted molar refractivity (Wildman–Crippen MR) is 71.2 cm³/mol. The van der Waals surface area contributed by atoms with Gasteiger partial charge in [0.2, 0.25) is 0 Å². The van der Waals surface area contributed by atoms with Crippen molar-refractivity contribution in [2.45, 2.75) is 26.7 Å². The molecule has 0 aliphatic carbocycles. The van der Waals surface area contributed by atoms with Gasteiger partial charge in [-0.3, -0.25) is 0 Å². The molecule has 2 nitrogen and oxygen atoms in total. The lowest BCUT2D eigenvalue weighted by Gasteiger charge is -2.27. The molecular formula is C14H22N2. The van der Waals surface area contributed by atoms with Gasteiger partial charge in [0.25, 0.3) is 0 Å². The van der Waals surface area contributed by atoms with E-state index in [1.54, 1.807) is 0 Å². The van der Waals surface area contributed by atoms with Gasteiger partial charge in [-0.05, 0) is 24.5 Å². The molecule has 0 saturated carbocycles. The van der Waals surface area contributed by atoms with Crippen molar-refractivity contribution in [1.82, 2.24) is 0 Å². The summed E-state index contributed by atoms with van der Waals surface area (Å²) in [5.41, 5.74) is 2.67. The third-order valence-electron chi connectivity index (χ3n) is 3.39. The standard InChI is InChI=1S/C14H22N2/c1-3-12(2)11-16-10-6-9-15-13-7-4-5-8-14(13)16/h4-5,7-8,12,15H,3,6,9-11H2,1-2H3. The summed E-state index contributed by atoms with van der Waals surface area (Å²) in [6.45, 7) is 8.05. The van der Waals surface area contributed by atoms with Crippen LogP contribution in [0.4, 0.5) is 11.4 Å². The van der Waals surface area contributed by atoms with Gasteiger partial charge in [-0.15, -0.1) is 0 Å². The van der Waals surface area contributed by atoms with Crippen LogP contribution in [0.25, 0.3) is 0 Å². The molecule has 1 aromatic rings. The number of fused-ring (bicyclic) bond motifs is 1. The minimum absolute atomic E-state index is 0.770. The number of anilines is 2. The Morgan fingerprint density at radius 3 is 3.00 bits per heavy atom. The topological polar surface area (TPSA) is 15.3 Å². The van der Waals surface area contributed by atoms with Crippen molar-refractivity contribution in [2.24, 2.45) is 5.92 Å². The molecule has 1 unspecified atom stereocenters. The molecule has 88 valence electrons. The van der Waals surface area contributed by atoms with Crippen LogP contribution in [-0.4, -0.2) is 19.6 Å². The third-order valence-corrected chi connectivity index (χ3v) is 3.39. The summed E-state index contributed by atoms with van der Waals surface area (Å²) in [6, 6.07) is 8.66. The fourth-order valence-corrected chi connectivity index (χ4v) is 2.21. The van der Waals surface area contributed by atoms with Crippen molar-refractivity contribution in [3.8, 4) is 0 Å². The first-order valence-corrected chi connectivity index (χ1v) is 6.39. The smallest absolute Gasteiger partial charge is 0.0602 e. The molecule has 1 aliphatic rings. The highest BCUT2D eigenvalue weighted by atomic mass is 15.2. The van der Waals surface area contributed by atoms with E-state index in [1.807, 2.05) is 0 Å². The molecule has 16 heavy (non-hydrogen) atoms. The molecule has 2 heteroatoms. The lowest BCUT2D eigenvalue weighted by molar-refractivity contribution is 0.542. The number of benzene rings is 1. The normalized spacial score (nSPS) is 17.2. The van der Waals surface area contributed by atoms with Gasteiger partial charge in [-0.1, -0.05) is 32.4 Å². The third kappa shape index (κ3) is 2.49. The Bertz CT molecular complexity index is 335. The van der Waals surface area contributed by atoms with E-state index in [4.69, 9.17) is 0 Å². The second-order valence-corrected chi connectivity index (χ2v) is 4.76. The lowest BCUT2D eigenvalue weighted by Crippen LogP contribution is -2.28. The molecule has 1 aromatic carbocycles. The Hall–Kier alpha value is -1.18. The molecule has 1 aliphatic heterocycles. The molecule has 2 rings (SSSR count). The van der Waals surface area contributed by atoms with Crippen LogP contribution < -0.4 is 10.2 Å². The SMILES string of the molecule is CCC(C)CN1CCCNc2ccccc21. The zero-order valence-electron chi connectivity index (χ0n) is 10.4. The minimum Gasteiger partial charge on any atom is -0.383 e. The minimum atomic E-state index is 0.770. The second-order valence-electron chi connectivity index (χ2n) is 4.76. The highest BCUT2D eigenvalue weighted by Crippen LogP contribution is 2.28. The summed E-state index contributed by atoms with van der Waals surface area (Å²) in [6.07, 6.45) is 2.48. The van der Waals surface area contributed by atoms with E-state index in [1.165, 1.54) is 37.3 Å². The summed E-state index contributed by atoms with van der Waals surface area (Å²) < 4.78 is 0. The van der Waals surface area contributed by atoms with Crippen molar-refractivity contribution in [1.29, 1.82) is 0 Å². The summed E-state index contributed by atoms with van der Waals surface area (Å²) in [5.74, 6) is 0.770. The number of nitrogens with one attached hydrogen (secondary N) is 1. The zero-order chi connectivity index (χ0) is 11.4. The van der Waals surface area contributed by atoms with Crippen LogP contribution in [0.15, 0.2) is 24.3 Å². The average molecular weight is 218 g/mol. The van der Waals surface area contributed by atoms with Crippen LogP contribution >= 0.6 is 0 Å². The Labute approximate surface area is 98.7 Å². The van der Waals surface area contributed by atoms with Gasteiger partial charge in [0.1, 0.15) is 0 Å². The van der Waals surface area contributed by atoms with E-state index >= 15 is 0 Å². The summed E-state index contributed by atoms with van der Waals surface area (Å²) >= 11 is 0. The number of nitrogens with zero attached hydrogens (tertiary/aromatic N) is 1. The largest absolute Gasteiger partial charge is 0.383 e. The fraction of sp³-hybridized carbons (Fsp3) is 0.571. The first kappa shape index (κ1) is 11.3. The van der Waals surface area contributed by atoms with E-state index < -0.39 is 0 Å². The molecule has 0 saturated heterocycles. The molecule has 0 fully saturated rings. The van der Waals surface area contributed by atoms with Crippen LogP contribution in [0.3, 0.4) is 0 Å². The van der Waals surface area contributed by atoms with Gasteiger partial charge < -0.3 is 10.2 Å². The van der Waals surface area contributed by atoms with E-state index in [0.717, 1.165) is 12.5 Å². The van der Waals surface area contributed by atoms with Crippen molar-refractivity contribution in [3.05, 3.63) is 24.3 Å². The number of hydrogen-bond donors (Lipinski definition) is 1. The zero-order valence-corrected chi connectivity index (χ0v) is 10.4. The highest BCUT2D eigenvalue weighted by molar-refractivity contribution is 5.70. The average Bonchev–Trinajstić information content (AvgIpc) is 2.52. The summed E-state index contributed by atoms with van der Waals surface area (Å²) in [4.78, 5) is 2.53. The quantitative estimate of drug-likeness (QED) is 0.837. The van der Waals surface area contributed by atoms with Crippen molar-refractivity contribution < 1.29 is 0 Å². The van der Waals surface area contributed by atoms with Gasteiger partial charge in [0.05, 0.1) is 11.4 Å². The summed E-state index contributed by atoms with van der Waals surface area (Å²) in [7, 11) is 0. The lowest BCUT2D eigenvalue weighted by atomic mass is 10.1. The van der Waals surface area contributed by atoms with Crippen LogP contribution in [0.1, 0.15) is 26.7 Å². The van der Waals surface area contributed by atoms with E-state index in [9.17, 15) is 0 Å². The monoisotopic (exact) mass is 218 g/mol. The Morgan fingerprint density at radius 1 is 1.38 bits per heavy atom. The summed E-state index contributed by atoms with van der Waals surface area (Å²) in [5, 5.41) is 3.50. The van der Waals surface area contributed by atoms with Crippen LogP contribution in [0.5, 0.6) is 0 Å². The molecule has 0 amide bonds. The van der Waals surface area contributed by atoms with Crippen molar-refractivity contribution in [2.75, 3.05) is 29.9 Å². The molecule has 1 N–H and O–H groups in total. The maximum atomic E-state index is 3.50. The first-order chi connectivity index (χ1) is 7.81. The van der Waals surface area contributed by atoms with Gasteiger partial charge in [0.15, 0.2) is 0 Å². The molecule has 1 heterocycles. The Morgan fingerprint density at radius 2 is 2.19 bits per heavy atom. The predicted octanol–water partition coefficient (Wildman–Crippen LogP) is 3.35. The number of hydrogen-bond acceptors (Lipinski definition) is 2. The molecule has 0 radical (unpaired) electrons. The van der Waals surface area contributed by atoms with Gasteiger partial charge in [-0.25, -0.2) is 0 Å². The molecule has 0 aromatic heterocycles. The van der Waals surface area contributed by atoms with Crippen molar-refractivity contribution >= 4 is 11.4 Å². The highest BCUT2D eigenvalue weighted by Gasteiger charge is 2.15. The fourth-order valence-electron chi connectivity index (χ4n) is 2.21. The van der Waals surface area contributed by atoms with E-state index in [0.29, 0.717) is 0 Å². The van der Waals surface area contributed by atoms with Crippen LogP contribution in [-0.2, 0) is 0 Å². The van der Waals surface area contributed by atoms with Crippen LogP contribution in [0.2, 0.25) is 0 Å². The Kier molecular flexibility index (Phi) is 3.70. The number of para-hydroxylation sites is 2. The van der Waals surface area contributed by atoms with E-state index in [2.05, 4.69) is 48.3 Å². The van der Waals surface area contributed by atoms with Gasteiger partial charge >= 0.3 is 0 Å². The van der Waals surface area contributed by atoms with Gasteiger partial charge in [-0.2, -0.15) is 0 Å². The van der Waals surface area contributed by atoms with Crippen molar-refractivity contribution in [3.63, 3.8) is 0 Å². The van der Waals surface area contributed by atoms with E-state index in [-0.39, 0.29) is 0 Å². The Balaban J connectivity index is 2.19. The molecular weight excluding hydrogens is 196 g/mol. The molecule has 0 bridgehead atoms. The molecule has 0 spiro atoms. The first-order valence-electron chi connectivity index (χ1n) is 6.39. The maximum absolute atomic E-state index is 3.50.